The molecule has 0 unspecified atom stereocenters. The van der Waals surface area contributed by atoms with Crippen molar-refractivity contribution in [3.8, 4) is 0 Å². The second-order valence-corrected chi connectivity index (χ2v) is 4.98. The van der Waals surface area contributed by atoms with Crippen LogP contribution >= 0.6 is 11.6 Å². The number of carboxylic acids is 1. The van der Waals surface area contributed by atoms with Crippen LogP contribution in [-0.2, 0) is 0 Å². The van der Waals surface area contributed by atoms with E-state index in [4.69, 9.17) is 16.7 Å². The van der Waals surface area contributed by atoms with Gasteiger partial charge in [-0.2, -0.15) is 9.61 Å². The molecule has 106 valence electrons. The number of halogens is 1. The van der Waals surface area contributed by atoms with Crippen LogP contribution in [0.1, 0.15) is 15.9 Å². The highest BCUT2D eigenvalue weighted by atomic mass is 35.5. The highest BCUT2D eigenvalue weighted by Crippen LogP contribution is 2.27. The molecule has 6 nitrogen and oxygen atoms in total. The van der Waals surface area contributed by atoms with Crippen LogP contribution in [0.5, 0.6) is 0 Å². The van der Waals surface area contributed by atoms with Crippen molar-refractivity contribution in [2.24, 2.45) is 0 Å². The number of aromatic carboxylic acids is 1. The predicted molar refractivity (Wildman–Crippen MR) is 79.4 cm³/mol. The Kier molecular flexibility index (Phi) is 3.23. The minimum Gasteiger partial charge on any atom is -0.478 e. The quantitative estimate of drug-likeness (QED) is 0.777. The Morgan fingerprint density at radius 2 is 2.14 bits per heavy atom. The summed E-state index contributed by atoms with van der Waals surface area (Å²) in [5, 5.41) is 16.5. The molecule has 2 heterocycles. The van der Waals surface area contributed by atoms with Crippen molar-refractivity contribution in [3.63, 3.8) is 0 Å². The molecular weight excluding hydrogens is 292 g/mol. The molecule has 3 aromatic rings. The van der Waals surface area contributed by atoms with Crippen molar-refractivity contribution in [1.29, 1.82) is 0 Å². The lowest BCUT2D eigenvalue weighted by Gasteiger charge is -2.11. The zero-order valence-corrected chi connectivity index (χ0v) is 11.8. The number of fused-ring (bicyclic) bond motifs is 1. The molecule has 0 radical (unpaired) electrons. The molecule has 0 fully saturated rings. The van der Waals surface area contributed by atoms with Gasteiger partial charge in [-0.05, 0) is 42.8 Å². The van der Waals surface area contributed by atoms with Crippen molar-refractivity contribution in [3.05, 3.63) is 52.8 Å². The molecule has 3 rings (SSSR count). The number of nitrogens with zero attached hydrogens (tertiary/aromatic N) is 3. The van der Waals surface area contributed by atoms with Gasteiger partial charge in [0, 0.05) is 0 Å². The fraction of sp³-hybridized carbons (Fsp3) is 0.0714. The van der Waals surface area contributed by atoms with Crippen molar-refractivity contribution >= 4 is 34.7 Å². The van der Waals surface area contributed by atoms with Crippen molar-refractivity contribution in [2.45, 2.75) is 6.92 Å². The zero-order valence-electron chi connectivity index (χ0n) is 11.0. The van der Waals surface area contributed by atoms with Gasteiger partial charge in [-0.1, -0.05) is 11.6 Å². The van der Waals surface area contributed by atoms with E-state index in [2.05, 4.69) is 15.4 Å². The second kappa shape index (κ2) is 5.06. The monoisotopic (exact) mass is 302 g/mol. The molecule has 7 heteroatoms. The second-order valence-electron chi connectivity index (χ2n) is 4.57. The Hall–Kier alpha value is -2.60. The summed E-state index contributed by atoms with van der Waals surface area (Å²) in [6, 6.07) is 8.33. The number of aryl methyl sites for hydroxylation is 1. The van der Waals surface area contributed by atoms with Gasteiger partial charge in [0.15, 0.2) is 5.65 Å². The van der Waals surface area contributed by atoms with E-state index in [0.717, 1.165) is 11.2 Å². The first-order chi connectivity index (χ1) is 10.0. The number of rotatable bonds is 3. The zero-order chi connectivity index (χ0) is 15.0. The van der Waals surface area contributed by atoms with Crippen LogP contribution in [0.25, 0.3) is 5.65 Å². The van der Waals surface area contributed by atoms with Crippen molar-refractivity contribution in [1.82, 2.24) is 14.6 Å². The van der Waals surface area contributed by atoms with Crippen molar-refractivity contribution in [2.75, 3.05) is 5.32 Å². The molecule has 1 aromatic carbocycles. The Balaban J connectivity index is 2.02. The molecule has 0 saturated carbocycles. The SMILES string of the molecule is Cc1cc(Nc2ccc(C(=O)O)cc2Cl)n2ncnc2c1. The molecule has 0 amide bonds. The first-order valence-electron chi connectivity index (χ1n) is 6.15. The summed E-state index contributed by atoms with van der Waals surface area (Å²) < 4.78 is 1.65. The topological polar surface area (TPSA) is 79.5 Å². The molecule has 2 aromatic heterocycles. The lowest BCUT2D eigenvalue weighted by atomic mass is 10.2. The maximum atomic E-state index is 10.9. The Labute approximate surface area is 125 Å². The fourth-order valence-electron chi connectivity index (χ4n) is 2.03. The average Bonchev–Trinajstić information content (AvgIpc) is 2.88. The molecule has 21 heavy (non-hydrogen) atoms. The van der Waals surface area contributed by atoms with Gasteiger partial charge in [0.1, 0.15) is 12.1 Å². The highest BCUT2D eigenvalue weighted by molar-refractivity contribution is 6.33. The number of anilines is 2. The third-order valence-corrected chi connectivity index (χ3v) is 3.31. The fourth-order valence-corrected chi connectivity index (χ4v) is 2.26. The summed E-state index contributed by atoms with van der Waals surface area (Å²) >= 11 is 6.12. The van der Waals surface area contributed by atoms with Gasteiger partial charge < -0.3 is 10.4 Å². The van der Waals surface area contributed by atoms with E-state index in [1.807, 2.05) is 19.1 Å². The van der Waals surface area contributed by atoms with Crippen LogP contribution in [0, 0.1) is 6.92 Å². The molecule has 0 spiro atoms. The molecule has 0 saturated heterocycles. The molecular formula is C14H11ClN4O2. The van der Waals surface area contributed by atoms with Gasteiger partial charge in [-0.25, -0.2) is 9.78 Å². The number of benzene rings is 1. The number of nitrogens with one attached hydrogen (secondary N) is 1. The third-order valence-electron chi connectivity index (χ3n) is 3.00. The predicted octanol–water partition coefficient (Wildman–Crippen LogP) is 3.13. The lowest BCUT2D eigenvalue weighted by molar-refractivity contribution is 0.0697. The van der Waals surface area contributed by atoms with E-state index in [-0.39, 0.29) is 5.56 Å². The van der Waals surface area contributed by atoms with Gasteiger partial charge in [0.2, 0.25) is 0 Å². The minimum absolute atomic E-state index is 0.140. The summed E-state index contributed by atoms with van der Waals surface area (Å²) in [5.74, 6) is -0.315. The van der Waals surface area contributed by atoms with Crippen molar-refractivity contribution < 1.29 is 9.90 Å². The molecule has 0 aliphatic rings. The first kappa shape index (κ1) is 13.4. The average molecular weight is 303 g/mol. The molecule has 2 N–H and O–H groups in total. The standard InChI is InChI=1S/C14H11ClN4O2/c1-8-4-12-16-7-17-19(12)13(5-8)18-11-3-2-9(14(20)21)6-10(11)15/h2-7,18H,1H3,(H,20,21). The summed E-state index contributed by atoms with van der Waals surface area (Å²) in [5.41, 5.74) is 2.48. The van der Waals surface area contributed by atoms with Crippen LogP contribution < -0.4 is 5.32 Å². The Morgan fingerprint density at radius 1 is 1.33 bits per heavy atom. The minimum atomic E-state index is -1.02. The number of hydrogen-bond donors (Lipinski definition) is 2. The Morgan fingerprint density at radius 3 is 2.86 bits per heavy atom. The molecule has 0 aliphatic heterocycles. The summed E-state index contributed by atoms with van der Waals surface area (Å²) in [6.45, 7) is 1.95. The molecule has 0 bridgehead atoms. The van der Waals surface area contributed by atoms with Gasteiger partial charge >= 0.3 is 5.97 Å². The first-order valence-corrected chi connectivity index (χ1v) is 6.52. The number of aromatic nitrogens is 3. The maximum absolute atomic E-state index is 10.9. The summed E-state index contributed by atoms with van der Waals surface area (Å²) in [6.07, 6.45) is 1.47. The summed E-state index contributed by atoms with van der Waals surface area (Å²) in [4.78, 5) is 15.0. The molecule has 0 aliphatic carbocycles. The third kappa shape index (κ3) is 2.53. The highest BCUT2D eigenvalue weighted by Gasteiger charge is 2.09. The van der Waals surface area contributed by atoms with Crippen LogP contribution in [0.15, 0.2) is 36.7 Å². The van der Waals surface area contributed by atoms with E-state index in [0.29, 0.717) is 16.5 Å². The van der Waals surface area contributed by atoms with Crippen LogP contribution in [0.3, 0.4) is 0 Å². The van der Waals surface area contributed by atoms with Gasteiger partial charge in [0.05, 0.1) is 16.3 Å². The number of pyridine rings is 1. The van der Waals surface area contributed by atoms with E-state index >= 15 is 0 Å². The summed E-state index contributed by atoms with van der Waals surface area (Å²) in [7, 11) is 0. The lowest BCUT2D eigenvalue weighted by Crippen LogP contribution is -2.02. The van der Waals surface area contributed by atoms with Gasteiger partial charge in [0.25, 0.3) is 0 Å². The smallest absolute Gasteiger partial charge is 0.335 e. The number of hydrogen-bond acceptors (Lipinski definition) is 4. The van der Waals surface area contributed by atoms with Crippen LogP contribution in [-0.4, -0.2) is 25.7 Å². The normalized spacial score (nSPS) is 10.8. The van der Waals surface area contributed by atoms with Gasteiger partial charge in [-0.3, -0.25) is 0 Å². The Bertz CT molecular complexity index is 844. The van der Waals surface area contributed by atoms with E-state index in [9.17, 15) is 4.79 Å². The maximum Gasteiger partial charge on any atom is 0.335 e. The largest absolute Gasteiger partial charge is 0.478 e. The number of carboxylic acid groups (broad SMARTS) is 1. The van der Waals surface area contributed by atoms with Crippen LogP contribution in [0.4, 0.5) is 11.5 Å². The van der Waals surface area contributed by atoms with E-state index in [1.165, 1.54) is 18.5 Å². The number of carbonyl (C=O) groups is 1. The molecule has 0 atom stereocenters. The van der Waals surface area contributed by atoms with Gasteiger partial charge in [-0.15, -0.1) is 0 Å². The van der Waals surface area contributed by atoms with E-state index in [1.54, 1.807) is 10.6 Å². The van der Waals surface area contributed by atoms with Crippen LogP contribution in [0.2, 0.25) is 5.02 Å². The van der Waals surface area contributed by atoms with E-state index < -0.39 is 5.97 Å².